The number of aryl methyl sites for hydroxylation is 1. The Hall–Kier alpha value is -5.98. The molecule has 0 N–H and O–H groups in total. The van der Waals surface area contributed by atoms with E-state index in [0.29, 0.717) is 0 Å². The molecule has 0 saturated carbocycles. The quantitative estimate of drug-likeness (QED) is 0.177. The van der Waals surface area contributed by atoms with Crippen LogP contribution in [-0.2, 0) is 0 Å². The Bertz CT molecular complexity index is 2600. The molecule has 0 spiro atoms. The van der Waals surface area contributed by atoms with Crippen molar-refractivity contribution < 1.29 is 0 Å². The van der Waals surface area contributed by atoms with E-state index in [9.17, 15) is 0 Å². The molecule has 0 radical (unpaired) electrons. The lowest BCUT2D eigenvalue weighted by atomic mass is 9.83. The van der Waals surface area contributed by atoms with Gasteiger partial charge in [0.15, 0.2) is 0 Å². The third-order valence-electron chi connectivity index (χ3n) is 9.69. The van der Waals surface area contributed by atoms with E-state index in [-0.39, 0.29) is 0 Å². The average molecular weight is 597 g/mol. The van der Waals surface area contributed by atoms with Crippen molar-refractivity contribution in [2.75, 3.05) is 0 Å². The molecule has 0 amide bonds. The third kappa shape index (κ3) is 4.69. The lowest BCUT2D eigenvalue weighted by molar-refractivity contribution is 1.51. The summed E-state index contributed by atoms with van der Waals surface area (Å²) in [5.41, 5.74) is 11.2. The predicted molar refractivity (Wildman–Crippen MR) is 203 cm³/mol. The number of hydrogen-bond donors (Lipinski definition) is 0. The summed E-state index contributed by atoms with van der Waals surface area (Å²) in [6, 6.07) is 64.7. The Morgan fingerprint density at radius 1 is 0.277 bits per heavy atom. The predicted octanol–water partition coefficient (Wildman–Crippen LogP) is 13.3. The van der Waals surface area contributed by atoms with Gasteiger partial charge in [-0.2, -0.15) is 0 Å². The number of hydrogen-bond acceptors (Lipinski definition) is 0. The van der Waals surface area contributed by atoms with Gasteiger partial charge < -0.3 is 0 Å². The minimum Gasteiger partial charge on any atom is -0.0622 e. The van der Waals surface area contributed by atoms with Crippen LogP contribution in [0.25, 0.3) is 87.6 Å². The van der Waals surface area contributed by atoms with Crippen LogP contribution in [0, 0.1) is 6.92 Å². The highest BCUT2D eigenvalue weighted by Crippen LogP contribution is 2.47. The van der Waals surface area contributed by atoms with Crippen LogP contribution in [0.2, 0.25) is 0 Å². The Labute approximate surface area is 275 Å². The van der Waals surface area contributed by atoms with Gasteiger partial charge in [-0.15, -0.1) is 0 Å². The van der Waals surface area contributed by atoms with E-state index >= 15 is 0 Å². The number of fused-ring (bicyclic) bond motifs is 4. The van der Waals surface area contributed by atoms with E-state index in [0.717, 1.165) is 0 Å². The molecule has 0 heterocycles. The van der Waals surface area contributed by atoms with E-state index in [2.05, 4.69) is 183 Å². The van der Waals surface area contributed by atoms with Crippen LogP contribution in [0.15, 0.2) is 176 Å². The second-order valence-electron chi connectivity index (χ2n) is 12.6. The highest BCUT2D eigenvalue weighted by molar-refractivity contribution is 6.24. The molecule has 9 aromatic rings. The van der Waals surface area contributed by atoms with E-state index in [1.165, 1.54) is 93.2 Å². The molecule has 0 heteroatoms. The highest BCUT2D eigenvalue weighted by atomic mass is 14.2. The van der Waals surface area contributed by atoms with Gasteiger partial charge in [-0.3, -0.25) is 0 Å². The maximum absolute atomic E-state index is 2.42. The average Bonchev–Trinajstić information content (AvgIpc) is 3.14. The lowest BCUT2D eigenvalue weighted by Crippen LogP contribution is -1.93. The van der Waals surface area contributed by atoms with Gasteiger partial charge in [-0.25, -0.2) is 0 Å². The summed E-state index contributed by atoms with van der Waals surface area (Å²) in [4.78, 5) is 0. The molecule has 220 valence electrons. The summed E-state index contributed by atoms with van der Waals surface area (Å²) < 4.78 is 0. The topological polar surface area (TPSA) is 0 Å². The van der Waals surface area contributed by atoms with Crippen molar-refractivity contribution in [3.63, 3.8) is 0 Å². The summed E-state index contributed by atoms with van der Waals surface area (Å²) in [6.07, 6.45) is 0. The van der Waals surface area contributed by atoms with Gasteiger partial charge in [0.25, 0.3) is 0 Å². The Morgan fingerprint density at radius 2 is 0.851 bits per heavy atom. The first-order valence-electron chi connectivity index (χ1n) is 16.3. The smallest absolute Gasteiger partial charge is 0.00200 e. The molecular formula is C47H32. The molecule has 47 heavy (non-hydrogen) atoms. The van der Waals surface area contributed by atoms with Gasteiger partial charge in [-0.1, -0.05) is 169 Å². The van der Waals surface area contributed by atoms with Gasteiger partial charge >= 0.3 is 0 Å². The van der Waals surface area contributed by atoms with Crippen molar-refractivity contribution in [2.24, 2.45) is 0 Å². The van der Waals surface area contributed by atoms with Crippen molar-refractivity contribution in [1.29, 1.82) is 0 Å². The van der Waals surface area contributed by atoms with Gasteiger partial charge in [0.1, 0.15) is 0 Å². The van der Waals surface area contributed by atoms with E-state index in [1.807, 2.05) is 0 Å². The molecular weight excluding hydrogens is 565 g/mol. The second kappa shape index (κ2) is 11.1. The zero-order chi connectivity index (χ0) is 31.3. The summed E-state index contributed by atoms with van der Waals surface area (Å²) in [5, 5.41) is 10.1. The van der Waals surface area contributed by atoms with Crippen molar-refractivity contribution in [2.45, 2.75) is 6.92 Å². The standard InChI is InChI=1S/C47H32/c1-31-18-26-42-44(28-31)47(41-17-9-15-35-13-7-8-16-40(35)41)43-27-25-39(38-24-21-33-12-5-6-14-37(33)29-38)30-45(43)46(42)36-22-19-34(20-23-36)32-10-3-2-4-11-32/h2-30H,1H3. The molecule has 0 bridgehead atoms. The molecule has 0 aromatic heterocycles. The monoisotopic (exact) mass is 596 g/mol. The third-order valence-corrected chi connectivity index (χ3v) is 9.69. The summed E-state index contributed by atoms with van der Waals surface area (Å²) in [7, 11) is 0. The normalized spacial score (nSPS) is 11.5. The van der Waals surface area contributed by atoms with Gasteiger partial charge in [0.05, 0.1) is 0 Å². The maximum atomic E-state index is 2.42. The van der Waals surface area contributed by atoms with Crippen molar-refractivity contribution in [3.8, 4) is 44.5 Å². The van der Waals surface area contributed by atoms with Crippen LogP contribution < -0.4 is 0 Å². The van der Waals surface area contributed by atoms with E-state index < -0.39 is 0 Å². The van der Waals surface area contributed by atoms with Crippen LogP contribution in [0.5, 0.6) is 0 Å². The Balaban J connectivity index is 1.38. The fourth-order valence-electron chi connectivity index (χ4n) is 7.40. The highest BCUT2D eigenvalue weighted by Gasteiger charge is 2.19. The van der Waals surface area contributed by atoms with Gasteiger partial charge in [0.2, 0.25) is 0 Å². The fourth-order valence-corrected chi connectivity index (χ4v) is 7.40. The van der Waals surface area contributed by atoms with Crippen LogP contribution in [0.3, 0.4) is 0 Å². The molecule has 0 aliphatic heterocycles. The van der Waals surface area contributed by atoms with Crippen LogP contribution in [0.1, 0.15) is 5.56 Å². The first-order valence-corrected chi connectivity index (χ1v) is 16.3. The lowest BCUT2D eigenvalue weighted by Gasteiger charge is -2.20. The van der Waals surface area contributed by atoms with Crippen LogP contribution in [-0.4, -0.2) is 0 Å². The molecule has 0 atom stereocenters. The molecule has 0 fully saturated rings. The fraction of sp³-hybridized carbons (Fsp3) is 0.0213. The Kier molecular flexibility index (Phi) is 6.47. The van der Waals surface area contributed by atoms with Crippen molar-refractivity contribution in [3.05, 3.63) is 181 Å². The van der Waals surface area contributed by atoms with Gasteiger partial charge in [0, 0.05) is 0 Å². The molecule has 9 aromatic carbocycles. The SMILES string of the molecule is Cc1ccc2c(-c3ccc(-c4ccccc4)cc3)c3cc(-c4ccc5ccccc5c4)ccc3c(-c3cccc4ccccc34)c2c1. The van der Waals surface area contributed by atoms with E-state index in [1.54, 1.807) is 0 Å². The zero-order valence-electron chi connectivity index (χ0n) is 26.2. The molecule has 9 rings (SSSR count). The summed E-state index contributed by atoms with van der Waals surface area (Å²) in [5.74, 6) is 0. The van der Waals surface area contributed by atoms with Crippen LogP contribution in [0.4, 0.5) is 0 Å². The van der Waals surface area contributed by atoms with Crippen LogP contribution >= 0.6 is 0 Å². The first kappa shape index (κ1) is 27.3. The molecule has 0 saturated heterocycles. The summed E-state index contributed by atoms with van der Waals surface area (Å²) >= 11 is 0. The zero-order valence-corrected chi connectivity index (χ0v) is 26.2. The maximum Gasteiger partial charge on any atom is -0.00200 e. The molecule has 0 nitrogen and oxygen atoms in total. The second-order valence-corrected chi connectivity index (χ2v) is 12.6. The van der Waals surface area contributed by atoms with Crippen molar-refractivity contribution >= 4 is 43.1 Å². The Morgan fingerprint density at radius 3 is 1.70 bits per heavy atom. The van der Waals surface area contributed by atoms with Gasteiger partial charge in [-0.05, 0) is 107 Å². The van der Waals surface area contributed by atoms with Crippen molar-refractivity contribution in [1.82, 2.24) is 0 Å². The van der Waals surface area contributed by atoms with E-state index in [4.69, 9.17) is 0 Å². The minimum absolute atomic E-state index is 1.22. The molecule has 0 aliphatic carbocycles. The largest absolute Gasteiger partial charge is 0.0622 e. The molecule has 0 aliphatic rings. The first-order chi connectivity index (χ1) is 23.2. The number of rotatable bonds is 4. The minimum atomic E-state index is 1.22. The number of benzene rings is 9. The molecule has 0 unspecified atom stereocenters. The summed E-state index contributed by atoms with van der Waals surface area (Å²) in [6.45, 7) is 2.20.